The highest BCUT2D eigenvalue weighted by Gasteiger charge is 1.77. The zero-order valence-electron chi connectivity index (χ0n) is 4.09. The lowest BCUT2D eigenvalue weighted by Crippen LogP contribution is -1.99. The first-order valence-corrected chi connectivity index (χ1v) is 1.97. The van der Waals surface area contributed by atoms with Crippen molar-refractivity contribution in [2.75, 3.05) is 20.2 Å². The fraction of sp³-hybridized carbons (Fsp3) is 0.750. The van der Waals surface area contributed by atoms with Crippen molar-refractivity contribution in [2.45, 2.75) is 0 Å². The SMILES string of the molecule is [CH2]COCOCO. The molecular formula is C4H9O3. The van der Waals surface area contributed by atoms with E-state index in [9.17, 15) is 0 Å². The summed E-state index contributed by atoms with van der Waals surface area (Å²) < 4.78 is 8.95. The molecule has 0 fully saturated rings. The summed E-state index contributed by atoms with van der Waals surface area (Å²) in [7, 11) is 0. The van der Waals surface area contributed by atoms with Crippen LogP contribution in [0, 0.1) is 6.92 Å². The van der Waals surface area contributed by atoms with Crippen LogP contribution < -0.4 is 0 Å². The highest BCUT2D eigenvalue weighted by molar-refractivity contribution is 4.23. The summed E-state index contributed by atoms with van der Waals surface area (Å²) in [5, 5.41) is 7.97. The van der Waals surface area contributed by atoms with Gasteiger partial charge < -0.3 is 14.6 Å². The van der Waals surface area contributed by atoms with Crippen molar-refractivity contribution in [3.05, 3.63) is 6.92 Å². The monoisotopic (exact) mass is 105 g/mol. The van der Waals surface area contributed by atoms with Crippen LogP contribution in [0.3, 0.4) is 0 Å². The third kappa shape index (κ3) is 5.88. The van der Waals surface area contributed by atoms with Crippen molar-refractivity contribution in [1.82, 2.24) is 0 Å². The van der Waals surface area contributed by atoms with Gasteiger partial charge in [-0.25, -0.2) is 0 Å². The van der Waals surface area contributed by atoms with Crippen molar-refractivity contribution in [3.63, 3.8) is 0 Å². The fourth-order valence-corrected chi connectivity index (χ4v) is 0.155. The molecule has 0 bridgehead atoms. The summed E-state index contributed by atoms with van der Waals surface area (Å²) in [6.45, 7) is 3.58. The van der Waals surface area contributed by atoms with Gasteiger partial charge in [0.2, 0.25) is 0 Å². The van der Waals surface area contributed by atoms with Crippen molar-refractivity contribution >= 4 is 0 Å². The third-order valence-electron chi connectivity index (χ3n) is 0.402. The molecular weight excluding hydrogens is 96.0 g/mol. The molecule has 0 aliphatic heterocycles. The van der Waals surface area contributed by atoms with Gasteiger partial charge in [-0.3, -0.25) is 0 Å². The van der Waals surface area contributed by atoms with Gasteiger partial charge in [-0.05, 0) is 6.92 Å². The van der Waals surface area contributed by atoms with E-state index >= 15 is 0 Å². The fourth-order valence-electron chi connectivity index (χ4n) is 0.155. The van der Waals surface area contributed by atoms with E-state index in [2.05, 4.69) is 16.4 Å². The van der Waals surface area contributed by atoms with Gasteiger partial charge in [0.1, 0.15) is 13.6 Å². The lowest BCUT2D eigenvalue weighted by molar-refractivity contribution is -0.102. The van der Waals surface area contributed by atoms with Crippen molar-refractivity contribution in [2.24, 2.45) is 0 Å². The lowest BCUT2D eigenvalue weighted by atomic mass is 10.9. The molecule has 0 aromatic rings. The summed E-state index contributed by atoms with van der Waals surface area (Å²) >= 11 is 0. The number of rotatable bonds is 4. The molecule has 0 aromatic heterocycles. The first-order valence-electron chi connectivity index (χ1n) is 1.97. The molecule has 0 saturated carbocycles. The largest absolute Gasteiger partial charge is 0.371 e. The predicted octanol–water partition coefficient (Wildman–Crippen LogP) is -0.239. The molecule has 0 saturated heterocycles. The van der Waals surface area contributed by atoms with E-state index in [0.717, 1.165) is 0 Å². The van der Waals surface area contributed by atoms with E-state index in [1.165, 1.54) is 0 Å². The molecule has 0 atom stereocenters. The highest BCUT2D eigenvalue weighted by Crippen LogP contribution is 1.72. The standard InChI is InChI=1S/C4H9O3/c1-2-6-4-7-3-5/h5H,1-4H2. The zero-order valence-corrected chi connectivity index (χ0v) is 4.09. The third-order valence-corrected chi connectivity index (χ3v) is 0.402. The molecule has 43 valence electrons. The Kier molecular flexibility index (Phi) is 5.78. The van der Waals surface area contributed by atoms with E-state index < -0.39 is 0 Å². The highest BCUT2D eigenvalue weighted by atomic mass is 16.7. The van der Waals surface area contributed by atoms with Crippen molar-refractivity contribution < 1.29 is 14.6 Å². The van der Waals surface area contributed by atoms with Crippen molar-refractivity contribution in [3.8, 4) is 0 Å². The normalized spacial score (nSPS) is 9.43. The van der Waals surface area contributed by atoms with Crippen LogP contribution in [-0.2, 0) is 9.47 Å². The van der Waals surface area contributed by atoms with Gasteiger partial charge in [0, 0.05) is 6.61 Å². The summed E-state index contributed by atoms with van der Waals surface area (Å²) in [5.74, 6) is 0. The average Bonchev–Trinajstić information content (AvgIpc) is 1.69. The zero-order chi connectivity index (χ0) is 5.54. The van der Waals surface area contributed by atoms with Crippen LogP contribution in [0.5, 0.6) is 0 Å². The minimum absolute atomic E-state index is 0.125. The number of hydrogen-bond acceptors (Lipinski definition) is 3. The van der Waals surface area contributed by atoms with Gasteiger partial charge in [0.25, 0.3) is 0 Å². The Labute approximate surface area is 42.9 Å². The predicted molar refractivity (Wildman–Crippen MR) is 24.3 cm³/mol. The minimum Gasteiger partial charge on any atom is -0.371 e. The summed E-state index contributed by atoms with van der Waals surface area (Å²) in [5.41, 5.74) is 0. The lowest BCUT2D eigenvalue weighted by Gasteiger charge is -1.96. The second-order valence-corrected chi connectivity index (χ2v) is 0.859. The molecule has 1 N–H and O–H groups in total. The van der Waals surface area contributed by atoms with Gasteiger partial charge in [0.05, 0.1) is 0 Å². The van der Waals surface area contributed by atoms with Gasteiger partial charge in [-0.1, -0.05) is 0 Å². The minimum atomic E-state index is -0.292. The Bertz CT molecular complexity index is 26.1. The number of ether oxygens (including phenoxy) is 2. The van der Waals surface area contributed by atoms with Gasteiger partial charge in [-0.2, -0.15) is 0 Å². The molecule has 0 amide bonds. The smallest absolute Gasteiger partial charge is 0.149 e. The van der Waals surface area contributed by atoms with Crippen LogP contribution in [0.15, 0.2) is 0 Å². The number of aliphatic hydroxyl groups excluding tert-OH is 1. The first-order chi connectivity index (χ1) is 3.41. The second kappa shape index (κ2) is 5.88. The Morgan fingerprint density at radius 3 is 2.57 bits per heavy atom. The molecule has 0 aromatic carbocycles. The van der Waals surface area contributed by atoms with Crippen LogP contribution >= 0.6 is 0 Å². The Hall–Kier alpha value is -0.120. The van der Waals surface area contributed by atoms with Gasteiger partial charge >= 0.3 is 0 Å². The number of hydrogen-bond donors (Lipinski definition) is 1. The molecule has 3 heteroatoms. The van der Waals surface area contributed by atoms with Crippen LogP contribution in [0.4, 0.5) is 0 Å². The summed E-state index contributed by atoms with van der Waals surface area (Å²) in [6, 6.07) is 0. The second-order valence-electron chi connectivity index (χ2n) is 0.859. The van der Waals surface area contributed by atoms with Crippen LogP contribution in [0.1, 0.15) is 0 Å². The average molecular weight is 105 g/mol. The Morgan fingerprint density at radius 2 is 2.14 bits per heavy atom. The molecule has 0 spiro atoms. The maximum atomic E-state index is 7.97. The van der Waals surface area contributed by atoms with E-state index in [1.54, 1.807) is 0 Å². The summed E-state index contributed by atoms with van der Waals surface area (Å²) in [6.07, 6.45) is 0. The van der Waals surface area contributed by atoms with Crippen LogP contribution in [-0.4, -0.2) is 25.3 Å². The van der Waals surface area contributed by atoms with Crippen molar-refractivity contribution in [1.29, 1.82) is 0 Å². The molecule has 0 aliphatic rings. The Morgan fingerprint density at radius 1 is 1.43 bits per heavy atom. The molecule has 3 nitrogen and oxygen atoms in total. The van der Waals surface area contributed by atoms with E-state index in [-0.39, 0.29) is 13.6 Å². The molecule has 0 aliphatic carbocycles. The quantitative estimate of drug-likeness (QED) is 0.396. The molecule has 0 rings (SSSR count). The van der Waals surface area contributed by atoms with E-state index in [4.69, 9.17) is 5.11 Å². The molecule has 0 heterocycles. The van der Waals surface area contributed by atoms with Gasteiger partial charge in [-0.15, -0.1) is 0 Å². The molecule has 1 radical (unpaired) electrons. The van der Waals surface area contributed by atoms with E-state index in [0.29, 0.717) is 6.61 Å². The van der Waals surface area contributed by atoms with Gasteiger partial charge in [0.15, 0.2) is 0 Å². The number of aliphatic hydroxyl groups is 1. The van der Waals surface area contributed by atoms with Crippen LogP contribution in [0.25, 0.3) is 0 Å². The van der Waals surface area contributed by atoms with E-state index in [1.807, 2.05) is 0 Å². The molecule has 7 heavy (non-hydrogen) atoms. The topological polar surface area (TPSA) is 38.7 Å². The molecule has 0 unspecified atom stereocenters. The maximum absolute atomic E-state index is 7.97. The summed E-state index contributed by atoms with van der Waals surface area (Å²) in [4.78, 5) is 0. The maximum Gasteiger partial charge on any atom is 0.149 e. The Balaban J connectivity index is 2.45. The first kappa shape index (κ1) is 6.88. The van der Waals surface area contributed by atoms with Crippen LogP contribution in [0.2, 0.25) is 0 Å².